The van der Waals surface area contributed by atoms with Gasteiger partial charge in [-0.3, -0.25) is 10.1 Å². The van der Waals surface area contributed by atoms with Crippen molar-refractivity contribution in [2.24, 2.45) is 5.92 Å². The molecule has 1 saturated heterocycles. The van der Waals surface area contributed by atoms with E-state index in [1.807, 2.05) is 13.8 Å². The summed E-state index contributed by atoms with van der Waals surface area (Å²) < 4.78 is 0. The maximum Gasteiger partial charge on any atom is 0.323 e. The predicted octanol–water partition coefficient (Wildman–Crippen LogP) is 2.34. The van der Waals surface area contributed by atoms with Gasteiger partial charge in [0.15, 0.2) is 5.13 Å². The second-order valence-electron chi connectivity index (χ2n) is 4.91. The highest BCUT2D eigenvalue weighted by Crippen LogP contribution is 2.23. The van der Waals surface area contributed by atoms with Crippen LogP contribution in [0.2, 0.25) is 0 Å². The molecule has 0 unspecified atom stereocenters. The molecule has 2 rings (SSSR count). The van der Waals surface area contributed by atoms with Crippen molar-refractivity contribution in [1.82, 2.24) is 9.88 Å². The van der Waals surface area contributed by atoms with Gasteiger partial charge in [-0.1, -0.05) is 6.92 Å². The van der Waals surface area contributed by atoms with E-state index in [0.29, 0.717) is 31.1 Å². The van der Waals surface area contributed by atoms with Gasteiger partial charge in [0.05, 0.1) is 11.6 Å². The number of aryl methyl sites for hydroxylation is 2. The summed E-state index contributed by atoms with van der Waals surface area (Å²) in [4.78, 5) is 30.1. The number of nitrogens with one attached hydrogen (secondary N) is 1. The zero-order valence-electron chi connectivity index (χ0n) is 11.7. The van der Waals surface area contributed by atoms with Crippen LogP contribution >= 0.6 is 11.3 Å². The van der Waals surface area contributed by atoms with E-state index in [2.05, 4.69) is 10.3 Å². The van der Waals surface area contributed by atoms with Gasteiger partial charge in [0.2, 0.25) is 0 Å². The molecular weight excluding hydrogens is 278 g/mol. The van der Waals surface area contributed by atoms with Gasteiger partial charge in [-0.15, -0.1) is 11.3 Å². The Balaban J connectivity index is 1.91. The summed E-state index contributed by atoms with van der Waals surface area (Å²) in [5, 5.41) is 12.3. The van der Waals surface area contributed by atoms with Crippen LogP contribution in [-0.2, 0) is 11.2 Å². The number of likely N-dealkylation sites (tertiary alicyclic amines) is 1. The number of carboxylic acids is 1. The molecule has 1 aromatic heterocycles. The number of thiazole rings is 1. The van der Waals surface area contributed by atoms with E-state index in [4.69, 9.17) is 5.11 Å². The van der Waals surface area contributed by atoms with Crippen molar-refractivity contribution in [2.45, 2.75) is 33.1 Å². The second kappa shape index (κ2) is 6.21. The van der Waals surface area contributed by atoms with E-state index >= 15 is 0 Å². The van der Waals surface area contributed by atoms with Crippen molar-refractivity contribution in [2.75, 3.05) is 18.4 Å². The molecule has 20 heavy (non-hydrogen) atoms. The van der Waals surface area contributed by atoms with Crippen molar-refractivity contribution in [1.29, 1.82) is 0 Å². The van der Waals surface area contributed by atoms with Crippen molar-refractivity contribution in [3.05, 3.63) is 10.6 Å². The van der Waals surface area contributed by atoms with E-state index in [-0.39, 0.29) is 11.9 Å². The number of anilines is 1. The minimum atomic E-state index is -0.770. The van der Waals surface area contributed by atoms with Crippen molar-refractivity contribution in [3.8, 4) is 0 Å². The molecule has 0 aliphatic carbocycles. The molecular formula is C13H19N3O3S. The number of amides is 2. The third-order valence-electron chi connectivity index (χ3n) is 3.57. The van der Waals surface area contributed by atoms with Gasteiger partial charge in [-0.25, -0.2) is 9.78 Å². The molecule has 2 N–H and O–H groups in total. The molecule has 0 atom stereocenters. The molecule has 0 radical (unpaired) electrons. The third kappa shape index (κ3) is 3.27. The highest BCUT2D eigenvalue weighted by Gasteiger charge is 2.27. The molecule has 0 saturated carbocycles. The normalized spacial score (nSPS) is 16.2. The molecule has 1 aliphatic rings. The fourth-order valence-corrected chi connectivity index (χ4v) is 3.20. The highest BCUT2D eigenvalue weighted by atomic mass is 32.1. The van der Waals surface area contributed by atoms with Crippen molar-refractivity contribution in [3.63, 3.8) is 0 Å². The number of hydrogen-bond acceptors (Lipinski definition) is 4. The number of urea groups is 1. The molecule has 6 nitrogen and oxygen atoms in total. The van der Waals surface area contributed by atoms with Crippen LogP contribution in [0.4, 0.5) is 9.93 Å². The predicted molar refractivity (Wildman–Crippen MR) is 77.2 cm³/mol. The standard InChI is InChI=1S/C13H19N3O3S/c1-3-10-8(2)20-12(14-10)15-13(19)16-6-4-9(5-7-16)11(17)18/h9H,3-7H2,1-2H3,(H,17,18)(H,14,15,19). The third-order valence-corrected chi connectivity index (χ3v) is 4.50. The van der Waals surface area contributed by atoms with Gasteiger partial charge in [-0.05, 0) is 26.2 Å². The largest absolute Gasteiger partial charge is 0.481 e. The topological polar surface area (TPSA) is 82.5 Å². The van der Waals surface area contributed by atoms with Crippen LogP contribution in [0.3, 0.4) is 0 Å². The molecule has 2 heterocycles. The van der Waals surface area contributed by atoms with Gasteiger partial charge >= 0.3 is 12.0 Å². The Morgan fingerprint density at radius 3 is 2.60 bits per heavy atom. The van der Waals surface area contributed by atoms with Crippen LogP contribution in [0.15, 0.2) is 0 Å². The smallest absolute Gasteiger partial charge is 0.323 e. The maximum atomic E-state index is 12.1. The number of hydrogen-bond donors (Lipinski definition) is 2. The minimum absolute atomic E-state index is 0.190. The van der Waals surface area contributed by atoms with E-state index in [0.717, 1.165) is 17.0 Å². The molecule has 7 heteroatoms. The Labute approximate surface area is 121 Å². The first-order valence-corrected chi connectivity index (χ1v) is 7.58. The van der Waals surface area contributed by atoms with Crippen LogP contribution in [0.1, 0.15) is 30.3 Å². The van der Waals surface area contributed by atoms with E-state index < -0.39 is 5.97 Å². The average Bonchev–Trinajstić information content (AvgIpc) is 2.78. The second-order valence-corrected chi connectivity index (χ2v) is 6.11. The summed E-state index contributed by atoms with van der Waals surface area (Å²) in [6.45, 7) is 4.98. The van der Waals surface area contributed by atoms with Gasteiger partial charge in [0.25, 0.3) is 0 Å². The lowest BCUT2D eigenvalue weighted by molar-refractivity contribution is -0.143. The Morgan fingerprint density at radius 2 is 2.10 bits per heavy atom. The fraction of sp³-hybridized carbons (Fsp3) is 0.615. The molecule has 110 valence electrons. The molecule has 1 aliphatic heterocycles. The maximum absolute atomic E-state index is 12.1. The molecule has 1 aromatic rings. The van der Waals surface area contributed by atoms with Crippen LogP contribution in [0.25, 0.3) is 0 Å². The first kappa shape index (κ1) is 14.8. The first-order valence-electron chi connectivity index (χ1n) is 6.76. The quantitative estimate of drug-likeness (QED) is 0.897. The monoisotopic (exact) mass is 297 g/mol. The number of carboxylic acid groups (broad SMARTS) is 1. The summed E-state index contributed by atoms with van der Waals surface area (Å²) in [6, 6.07) is -0.190. The molecule has 1 fully saturated rings. The Bertz CT molecular complexity index is 507. The minimum Gasteiger partial charge on any atom is -0.481 e. The Kier molecular flexibility index (Phi) is 4.59. The van der Waals surface area contributed by atoms with E-state index in [9.17, 15) is 9.59 Å². The van der Waals surface area contributed by atoms with Crippen LogP contribution in [0, 0.1) is 12.8 Å². The highest BCUT2D eigenvalue weighted by molar-refractivity contribution is 7.15. The van der Waals surface area contributed by atoms with Gasteiger partial charge in [0, 0.05) is 18.0 Å². The number of rotatable bonds is 3. The van der Waals surface area contributed by atoms with Crippen molar-refractivity contribution >= 4 is 28.5 Å². The zero-order valence-corrected chi connectivity index (χ0v) is 12.5. The first-order chi connectivity index (χ1) is 9.51. The number of aliphatic carboxylic acids is 1. The van der Waals surface area contributed by atoms with Gasteiger partial charge in [0.1, 0.15) is 0 Å². The lowest BCUT2D eigenvalue weighted by Crippen LogP contribution is -2.42. The molecule has 0 aromatic carbocycles. The number of nitrogens with zero attached hydrogens (tertiary/aromatic N) is 2. The van der Waals surface area contributed by atoms with Gasteiger partial charge < -0.3 is 10.0 Å². The summed E-state index contributed by atoms with van der Waals surface area (Å²) in [5.41, 5.74) is 1.01. The van der Waals surface area contributed by atoms with Crippen LogP contribution in [0.5, 0.6) is 0 Å². The number of aromatic nitrogens is 1. The Morgan fingerprint density at radius 1 is 1.45 bits per heavy atom. The number of piperidine rings is 1. The number of carbonyl (C=O) groups is 2. The summed E-state index contributed by atoms with van der Waals surface area (Å²) in [6.07, 6.45) is 1.88. The lowest BCUT2D eigenvalue weighted by Gasteiger charge is -2.29. The van der Waals surface area contributed by atoms with E-state index in [1.165, 1.54) is 11.3 Å². The van der Waals surface area contributed by atoms with Gasteiger partial charge in [-0.2, -0.15) is 0 Å². The fourth-order valence-electron chi connectivity index (χ4n) is 2.31. The summed E-state index contributed by atoms with van der Waals surface area (Å²) >= 11 is 1.47. The Hall–Kier alpha value is -1.63. The SMILES string of the molecule is CCc1nc(NC(=O)N2CCC(C(=O)O)CC2)sc1C. The van der Waals surface area contributed by atoms with Crippen LogP contribution < -0.4 is 5.32 Å². The lowest BCUT2D eigenvalue weighted by atomic mass is 9.97. The zero-order chi connectivity index (χ0) is 14.7. The molecule has 2 amide bonds. The molecule has 0 bridgehead atoms. The van der Waals surface area contributed by atoms with Crippen molar-refractivity contribution < 1.29 is 14.7 Å². The van der Waals surface area contributed by atoms with Crippen LogP contribution in [-0.4, -0.2) is 40.1 Å². The number of carbonyl (C=O) groups excluding carboxylic acids is 1. The van der Waals surface area contributed by atoms with E-state index in [1.54, 1.807) is 4.90 Å². The molecule has 0 spiro atoms. The summed E-state index contributed by atoms with van der Waals surface area (Å²) in [7, 11) is 0. The summed E-state index contributed by atoms with van der Waals surface area (Å²) in [5.74, 6) is -1.10. The average molecular weight is 297 g/mol.